The molecule has 0 fully saturated rings. The van der Waals surface area contributed by atoms with Crippen LogP contribution in [0.2, 0.25) is 0 Å². The second-order valence-corrected chi connectivity index (χ2v) is 4.09. The van der Waals surface area contributed by atoms with E-state index in [0.29, 0.717) is 5.84 Å². The minimum Gasteiger partial charge on any atom is -0.387 e. The van der Waals surface area contributed by atoms with Crippen molar-refractivity contribution in [2.24, 2.45) is 10.7 Å². The lowest BCUT2D eigenvalue weighted by Gasteiger charge is -2.03. The van der Waals surface area contributed by atoms with Crippen LogP contribution in [0.5, 0.6) is 0 Å². The molecule has 0 aliphatic heterocycles. The molecule has 0 saturated carbocycles. The summed E-state index contributed by atoms with van der Waals surface area (Å²) < 4.78 is 0. The topological polar surface area (TPSA) is 38.4 Å². The Kier molecular flexibility index (Phi) is 3.55. The first-order chi connectivity index (χ1) is 8.24. The number of rotatable bonds is 3. The van der Waals surface area contributed by atoms with Crippen LogP contribution in [0.4, 0.5) is 5.69 Å². The van der Waals surface area contributed by atoms with Crippen molar-refractivity contribution in [1.82, 2.24) is 0 Å². The van der Waals surface area contributed by atoms with Gasteiger partial charge in [-0.15, -0.1) is 0 Å². The minimum atomic E-state index is 0.585. The van der Waals surface area contributed by atoms with Crippen molar-refractivity contribution in [1.29, 1.82) is 0 Å². The monoisotopic (exact) mass is 224 g/mol. The first kappa shape index (κ1) is 11.4. The lowest BCUT2D eigenvalue weighted by molar-refractivity contribution is 1.19. The third-order valence-corrected chi connectivity index (χ3v) is 2.47. The molecule has 2 rings (SSSR count). The Morgan fingerprint density at radius 3 is 2.41 bits per heavy atom. The highest BCUT2D eigenvalue weighted by atomic mass is 14.8. The van der Waals surface area contributed by atoms with Crippen LogP contribution >= 0.6 is 0 Å². The number of nitrogens with zero attached hydrogens (tertiary/aromatic N) is 1. The molecule has 2 N–H and O–H groups in total. The molecule has 0 heterocycles. The van der Waals surface area contributed by atoms with Crippen LogP contribution in [-0.2, 0) is 6.42 Å². The summed E-state index contributed by atoms with van der Waals surface area (Å²) in [5.74, 6) is 0.585. The maximum atomic E-state index is 5.58. The van der Waals surface area contributed by atoms with E-state index < -0.39 is 0 Å². The van der Waals surface area contributed by atoms with E-state index in [2.05, 4.69) is 41.4 Å². The van der Waals surface area contributed by atoms with Gasteiger partial charge in [0.05, 0.1) is 11.5 Å². The van der Waals surface area contributed by atoms with Crippen LogP contribution in [0.1, 0.15) is 18.1 Å². The highest BCUT2D eigenvalue weighted by Gasteiger charge is 1.97. The smallest absolute Gasteiger partial charge is 0.0964 e. The molecular weight excluding hydrogens is 208 g/mol. The number of nitrogens with two attached hydrogens (primary N) is 1. The van der Waals surface area contributed by atoms with Gasteiger partial charge in [-0.2, -0.15) is 0 Å². The summed E-state index contributed by atoms with van der Waals surface area (Å²) in [6, 6.07) is 18.6. The van der Waals surface area contributed by atoms with Crippen molar-refractivity contribution in [3.63, 3.8) is 0 Å². The largest absolute Gasteiger partial charge is 0.387 e. The van der Waals surface area contributed by atoms with Crippen molar-refractivity contribution in [2.75, 3.05) is 0 Å². The Labute approximate surface area is 102 Å². The van der Waals surface area contributed by atoms with Crippen molar-refractivity contribution >= 4 is 11.5 Å². The van der Waals surface area contributed by atoms with E-state index in [4.69, 9.17) is 5.73 Å². The van der Waals surface area contributed by atoms with Gasteiger partial charge in [0, 0.05) is 0 Å². The number of hydrogen-bond donors (Lipinski definition) is 1. The maximum Gasteiger partial charge on any atom is 0.0964 e. The molecule has 0 saturated heterocycles. The zero-order valence-corrected chi connectivity index (χ0v) is 9.93. The fraction of sp³-hybridized carbons (Fsp3) is 0.133. The summed E-state index contributed by atoms with van der Waals surface area (Å²) in [6.45, 7) is 1.80. The third-order valence-electron chi connectivity index (χ3n) is 2.47. The average Bonchev–Trinajstić information content (AvgIpc) is 2.30. The van der Waals surface area contributed by atoms with Crippen LogP contribution in [-0.4, -0.2) is 5.84 Å². The molecule has 2 aromatic rings. The van der Waals surface area contributed by atoms with Crippen molar-refractivity contribution in [3.05, 3.63) is 65.7 Å². The Hall–Kier alpha value is -2.09. The predicted molar refractivity (Wildman–Crippen MR) is 72.6 cm³/mol. The zero-order chi connectivity index (χ0) is 12.1. The van der Waals surface area contributed by atoms with E-state index in [9.17, 15) is 0 Å². The van der Waals surface area contributed by atoms with Gasteiger partial charge in [0.2, 0.25) is 0 Å². The Morgan fingerprint density at radius 2 is 1.71 bits per heavy atom. The van der Waals surface area contributed by atoms with Gasteiger partial charge >= 0.3 is 0 Å². The predicted octanol–water partition coefficient (Wildman–Crippen LogP) is 3.29. The Balaban J connectivity index is 2.20. The van der Waals surface area contributed by atoms with Gasteiger partial charge in [0.25, 0.3) is 0 Å². The molecule has 0 unspecified atom stereocenters. The summed E-state index contributed by atoms with van der Waals surface area (Å²) in [4.78, 5) is 4.26. The molecule has 0 aromatic heterocycles. The van der Waals surface area contributed by atoms with Crippen LogP contribution in [0.25, 0.3) is 0 Å². The lowest BCUT2D eigenvalue weighted by Crippen LogP contribution is -2.03. The molecule has 0 radical (unpaired) electrons. The number of hydrogen-bond acceptors (Lipinski definition) is 1. The van der Waals surface area contributed by atoms with Crippen molar-refractivity contribution in [2.45, 2.75) is 13.3 Å². The molecular formula is C15H16N2. The first-order valence-corrected chi connectivity index (χ1v) is 5.68. The van der Waals surface area contributed by atoms with Gasteiger partial charge in [-0.3, -0.25) is 0 Å². The second-order valence-electron chi connectivity index (χ2n) is 4.09. The van der Waals surface area contributed by atoms with E-state index in [0.717, 1.165) is 12.1 Å². The SMILES string of the molecule is CC(N)=Nc1cccc(Cc2ccccc2)c1. The minimum absolute atomic E-state index is 0.585. The maximum absolute atomic E-state index is 5.58. The summed E-state index contributed by atoms with van der Waals surface area (Å²) >= 11 is 0. The Morgan fingerprint density at radius 1 is 1.00 bits per heavy atom. The van der Waals surface area contributed by atoms with Gasteiger partial charge in [-0.1, -0.05) is 42.5 Å². The van der Waals surface area contributed by atoms with Gasteiger partial charge in [-0.05, 0) is 36.6 Å². The quantitative estimate of drug-likeness (QED) is 0.630. The second kappa shape index (κ2) is 5.30. The summed E-state index contributed by atoms with van der Waals surface area (Å²) in [5, 5.41) is 0. The molecule has 2 heteroatoms. The molecule has 86 valence electrons. The highest BCUT2D eigenvalue weighted by molar-refractivity contribution is 5.80. The molecule has 17 heavy (non-hydrogen) atoms. The normalized spacial score (nSPS) is 11.5. The lowest BCUT2D eigenvalue weighted by atomic mass is 10.0. The van der Waals surface area contributed by atoms with Gasteiger partial charge in [0.1, 0.15) is 0 Å². The number of amidine groups is 1. The fourth-order valence-electron chi connectivity index (χ4n) is 1.77. The molecule has 0 bridgehead atoms. The van der Waals surface area contributed by atoms with E-state index in [1.807, 2.05) is 18.2 Å². The van der Waals surface area contributed by atoms with Gasteiger partial charge in [-0.25, -0.2) is 4.99 Å². The molecule has 0 atom stereocenters. The molecule has 0 aliphatic carbocycles. The van der Waals surface area contributed by atoms with Crippen LogP contribution in [0.3, 0.4) is 0 Å². The summed E-state index contributed by atoms with van der Waals surface area (Å²) in [6.07, 6.45) is 0.924. The molecule has 2 nitrogen and oxygen atoms in total. The van der Waals surface area contributed by atoms with Gasteiger partial charge in [0.15, 0.2) is 0 Å². The van der Waals surface area contributed by atoms with Crippen LogP contribution < -0.4 is 5.73 Å². The van der Waals surface area contributed by atoms with E-state index >= 15 is 0 Å². The van der Waals surface area contributed by atoms with Crippen LogP contribution in [0.15, 0.2) is 59.6 Å². The standard InChI is InChI=1S/C15H16N2/c1-12(16)17-15-9-5-8-14(11-15)10-13-6-3-2-4-7-13/h2-9,11H,10H2,1H3,(H2,16,17). The number of aliphatic imine (C=N–C) groups is 1. The van der Waals surface area contributed by atoms with Crippen molar-refractivity contribution < 1.29 is 0 Å². The van der Waals surface area contributed by atoms with E-state index in [1.54, 1.807) is 6.92 Å². The fourth-order valence-corrected chi connectivity index (χ4v) is 1.77. The summed E-state index contributed by atoms with van der Waals surface area (Å²) in [5.41, 5.74) is 9.04. The van der Waals surface area contributed by atoms with Crippen molar-refractivity contribution in [3.8, 4) is 0 Å². The highest BCUT2D eigenvalue weighted by Crippen LogP contribution is 2.16. The average molecular weight is 224 g/mol. The third kappa shape index (κ3) is 3.45. The molecule has 0 amide bonds. The molecule has 0 spiro atoms. The Bertz CT molecular complexity index is 511. The van der Waals surface area contributed by atoms with E-state index in [1.165, 1.54) is 11.1 Å². The van der Waals surface area contributed by atoms with Crippen LogP contribution in [0, 0.1) is 0 Å². The van der Waals surface area contributed by atoms with Gasteiger partial charge < -0.3 is 5.73 Å². The zero-order valence-electron chi connectivity index (χ0n) is 9.93. The first-order valence-electron chi connectivity index (χ1n) is 5.68. The van der Waals surface area contributed by atoms with E-state index in [-0.39, 0.29) is 0 Å². The molecule has 2 aromatic carbocycles. The molecule has 0 aliphatic rings. The number of benzene rings is 2. The summed E-state index contributed by atoms with van der Waals surface area (Å²) in [7, 11) is 0.